The maximum Gasteiger partial charge on any atom is 0.405 e. The zero-order valence-corrected chi connectivity index (χ0v) is 24.6. The number of benzene rings is 3. The van der Waals surface area contributed by atoms with Gasteiger partial charge >= 0.3 is 6.18 Å². The Morgan fingerprint density at radius 3 is 2.25 bits per heavy atom. The number of ether oxygens (including phenoxy) is 2. The Kier molecular flexibility index (Phi) is 8.35. The number of hydrogen-bond donors (Lipinski definition) is 1. The highest BCUT2D eigenvalue weighted by Gasteiger charge is 2.48. The Balaban J connectivity index is 1.13. The number of nitrogens with zero attached hydrogens (tertiary/aromatic N) is 3. The standard InChI is InChI=1S/C34H35F3N4O3/c1-43-29-14-8-9-24-15-16-30(39-31(24)29)41-21-19-40(20-22-41)18-7-6-17-33(32(42)38-23-34(35,36)37)25-10-2-4-12-27(25)44-28-13-5-3-11-26(28)33/h2-5,8-16H,6-7,17-23H2,1H3,(H,38,42). The van der Waals surface area contributed by atoms with E-state index in [2.05, 4.69) is 21.2 Å². The second-order valence-corrected chi connectivity index (χ2v) is 11.3. The summed E-state index contributed by atoms with van der Waals surface area (Å²) in [6, 6.07) is 24.3. The maximum absolute atomic E-state index is 13.8. The van der Waals surface area contributed by atoms with E-state index < -0.39 is 24.0 Å². The minimum Gasteiger partial charge on any atom is -0.494 e. The Morgan fingerprint density at radius 1 is 0.909 bits per heavy atom. The van der Waals surface area contributed by atoms with Gasteiger partial charge in [-0.3, -0.25) is 9.69 Å². The molecule has 0 saturated carbocycles. The van der Waals surface area contributed by atoms with Gasteiger partial charge in [-0.1, -0.05) is 55.0 Å². The van der Waals surface area contributed by atoms with E-state index in [9.17, 15) is 18.0 Å². The van der Waals surface area contributed by atoms with Crippen LogP contribution in [0, 0.1) is 0 Å². The number of rotatable bonds is 9. The summed E-state index contributed by atoms with van der Waals surface area (Å²) in [5, 5.41) is 3.23. The van der Waals surface area contributed by atoms with E-state index in [1.807, 2.05) is 24.3 Å². The third-order valence-corrected chi connectivity index (χ3v) is 8.61. The van der Waals surface area contributed by atoms with Gasteiger partial charge in [-0.05, 0) is 49.7 Å². The van der Waals surface area contributed by atoms with Crippen molar-refractivity contribution in [3.63, 3.8) is 0 Å². The molecule has 230 valence electrons. The summed E-state index contributed by atoms with van der Waals surface area (Å²) in [5.41, 5.74) is 0.732. The number of pyridine rings is 1. The Labute approximate surface area is 254 Å². The minimum atomic E-state index is -4.52. The van der Waals surface area contributed by atoms with E-state index in [0.717, 1.165) is 61.6 Å². The average Bonchev–Trinajstić information content (AvgIpc) is 3.04. The topological polar surface area (TPSA) is 66.9 Å². The molecule has 3 aromatic carbocycles. The van der Waals surface area contributed by atoms with E-state index in [1.165, 1.54) is 0 Å². The van der Waals surface area contributed by atoms with Crippen LogP contribution in [0.3, 0.4) is 0 Å². The number of hydrogen-bond acceptors (Lipinski definition) is 6. The zero-order valence-electron chi connectivity index (χ0n) is 24.6. The zero-order chi connectivity index (χ0) is 30.7. The molecule has 2 aliphatic rings. The first kappa shape index (κ1) is 29.7. The SMILES string of the molecule is COc1cccc2ccc(N3CCN(CCCCC4(C(=O)NCC(F)(F)F)c5ccccc5Oc5ccccc54)CC3)nc12. The second kappa shape index (κ2) is 12.4. The van der Waals surface area contributed by atoms with Gasteiger partial charge in [0, 0.05) is 42.7 Å². The maximum atomic E-state index is 13.8. The molecule has 1 saturated heterocycles. The van der Waals surface area contributed by atoms with E-state index in [4.69, 9.17) is 14.5 Å². The third kappa shape index (κ3) is 5.91. The molecule has 0 aliphatic carbocycles. The molecule has 0 spiro atoms. The molecule has 7 nitrogen and oxygen atoms in total. The number of fused-ring (bicyclic) bond motifs is 3. The van der Waals surface area contributed by atoms with Crippen LogP contribution in [-0.4, -0.2) is 68.3 Å². The highest BCUT2D eigenvalue weighted by atomic mass is 19.4. The van der Waals surface area contributed by atoms with Crippen LogP contribution in [0.5, 0.6) is 17.2 Å². The fourth-order valence-electron chi connectivity index (χ4n) is 6.42. The molecule has 1 fully saturated rings. The number of amides is 1. The fourth-order valence-corrected chi connectivity index (χ4v) is 6.42. The van der Waals surface area contributed by atoms with Crippen molar-refractivity contribution in [3.8, 4) is 17.2 Å². The molecule has 0 bridgehead atoms. The first-order valence-corrected chi connectivity index (χ1v) is 14.9. The summed E-state index contributed by atoms with van der Waals surface area (Å²) in [6.07, 6.45) is -2.71. The predicted molar refractivity (Wildman–Crippen MR) is 164 cm³/mol. The Morgan fingerprint density at radius 2 is 1.59 bits per heavy atom. The Hall–Kier alpha value is -4.31. The van der Waals surface area contributed by atoms with Crippen molar-refractivity contribution in [2.24, 2.45) is 0 Å². The molecule has 44 heavy (non-hydrogen) atoms. The average molecular weight is 605 g/mol. The van der Waals surface area contributed by atoms with Crippen molar-refractivity contribution in [1.29, 1.82) is 0 Å². The van der Waals surface area contributed by atoms with Gasteiger partial charge in [0.1, 0.15) is 40.5 Å². The number of methoxy groups -OCH3 is 1. The number of aromatic nitrogens is 1. The number of piperazine rings is 1. The van der Waals surface area contributed by atoms with E-state index in [1.54, 1.807) is 55.6 Å². The smallest absolute Gasteiger partial charge is 0.405 e. The van der Waals surface area contributed by atoms with Gasteiger partial charge in [-0.2, -0.15) is 13.2 Å². The lowest BCUT2D eigenvalue weighted by Gasteiger charge is -2.39. The largest absolute Gasteiger partial charge is 0.494 e. The van der Waals surface area contributed by atoms with Crippen LogP contribution in [-0.2, 0) is 10.2 Å². The van der Waals surface area contributed by atoms with Gasteiger partial charge in [0.05, 0.1) is 7.11 Å². The number of alkyl halides is 3. The van der Waals surface area contributed by atoms with E-state index >= 15 is 0 Å². The monoisotopic (exact) mass is 604 g/mol. The number of carbonyl (C=O) groups is 1. The van der Waals surface area contributed by atoms with Gasteiger partial charge in [0.2, 0.25) is 5.91 Å². The van der Waals surface area contributed by atoms with Crippen molar-refractivity contribution in [1.82, 2.24) is 15.2 Å². The summed E-state index contributed by atoms with van der Waals surface area (Å²) in [7, 11) is 1.65. The van der Waals surface area contributed by atoms with Crippen LogP contribution in [0.1, 0.15) is 30.4 Å². The molecule has 0 atom stereocenters. The summed E-state index contributed by atoms with van der Waals surface area (Å²) in [4.78, 5) is 23.3. The van der Waals surface area contributed by atoms with Gasteiger partial charge in [-0.25, -0.2) is 4.98 Å². The molecule has 0 radical (unpaired) electrons. The Bertz CT molecular complexity index is 1590. The van der Waals surface area contributed by atoms with Crippen LogP contribution in [0.15, 0.2) is 78.9 Å². The highest BCUT2D eigenvalue weighted by molar-refractivity contribution is 5.94. The molecule has 1 aromatic heterocycles. The van der Waals surface area contributed by atoms with Gasteiger partial charge in [0.15, 0.2) is 0 Å². The molecule has 3 heterocycles. The van der Waals surface area contributed by atoms with Gasteiger partial charge in [-0.15, -0.1) is 0 Å². The third-order valence-electron chi connectivity index (χ3n) is 8.61. The number of anilines is 1. The van der Waals surface area contributed by atoms with Crippen molar-refractivity contribution in [3.05, 3.63) is 90.0 Å². The number of para-hydroxylation sites is 3. The normalized spacial score (nSPS) is 16.1. The van der Waals surface area contributed by atoms with Crippen LogP contribution in [0.25, 0.3) is 10.9 Å². The fraction of sp³-hybridized carbons (Fsp3) is 0.353. The quantitative estimate of drug-likeness (QED) is 0.226. The van der Waals surface area contributed by atoms with Crippen molar-refractivity contribution >= 4 is 22.6 Å². The lowest BCUT2D eigenvalue weighted by Crippen LogP contribution is -2.49. The molecule has 2 aliphatic heterocycles. The number of halogens is 3. The molecule has 6 rings (SSSR count). The first-order valence-electron chi connectivity index (χ1n) is 14.9. The molecule has 10 heteroatoms. The van der Waals surface area contributed by atoms with Crippen LogP contribution in [0.2, 0.25) is 0 Å². The highest BCUT2D eigenvalue weighted by Crippen LogP contribution is 2.50. The summed E-state index contributed by atoms with van der Waals surface area (Å²) < 4.78 is 51.2. The lowest BCUT2D eigenvalue weighted by atomic mass is 9.68. The van der Waals surface area contributed by atoms with Crippen LogP contribution >= 0.6 is 0 Å². The lowest BCUT2D eigenvalue weighted by molar-refractivity contribution is -0.141. The second-order valence-electron chi connectivity index (χ2n) is 11.3. The molecule has 1 amide bonds. The van der Waals surface area contributed by atoms with Crippen LogP contribution < -0.4 is 19.7 Å². The number of carbonyl (C=O) groups excluding carboxylic acids is 1. The summed E-state index contributed by atoms with van der Waals surface area (Å²) in [6.45, 7) is 2.82. The van der Waals surface area contributed by atoms with E-state index in [-0.39, 0.29) is 0 Å². The van der Waals surface area contributed by atoms with Gasteiger partial charge < -0.3 is 19.7 Å². The molecule has 0 unspecified atom stereocenters. The molecule has 1 N–H and O–H groups in total. The number of nitrogens with one attached hydrogen (secondary N) is 1. The number of unbranched alkanes of at least 4 members (excludes halogenated alkanes) is 1. The van der Waals surface area contributed by atoms with Crippen LogP contribution in [0.4, 0.5) is 19.0 Å². The van der Waals surface area contributed by atoms with Gasteiger partial charge in [0.25, 0.3) is 0 Å². The van der Waals surface area contributed by atoms with E-state index in [0.29, 0.717) is 35.5 Å². The summed E-state index contributed by atoms with van der Waals surface area (Å²) >= 11 is 0. The molecule has 4 aromatic rings. The van der Waals surface area contributed by atoms with Crippen molar-refractivity contribution in [2.45, 2.75) is 30.9 Å². The predicted octanol–water partition coefficient (Wildman–Crippen LogP) is 6.31. The summed E-state index contributed by atoms with van der Waals surface area (Å²) in [5.74, 6) is 1.99. The molecular weight excluding hydrogens is 569 g/mol. The van der Waals surface area contributed by atoms with Crippen molar-refractivity contribution in [2.75, 3.05) is 51.3 Å². The minimum absolute atomic E-state index is 0.358. The first-order chi connectivity index (χ1) is 21.3. The molecular formula is C34H35F3N4O3. The van der Waals surface area contributed by atoms with Crippen molar-refractivity contribution < 1.29 is 27.4 Å².